The molecule has 2 N–H and O–H groups in total. The highest BCUT2D eigenvalue weighted by molar-refractivity contribution is 7.69. The summed E-state index contributed by atoms with van der Waals surface area (Å²) in [5.74, 6) is -2.90. The molecule has 2 aliphatic rings. The predicted octanol–water partition coefficient (Wildman–Crippen LogP) is -1.79. The summed E-state index contributed by atoms with van der Waals surface area (Å²) in [6.07, 6.45) is -2.42. The van der Waals surface area contributed by atoms with E-state index in [1.165, 1.54) is 0 Å². The summed E-state index contributed by atoms with van der Waals surface area (Å²) in [5, 5.41) is 16.4. The quantitative estimate of drug-likeness (QED) is 0.184. The lowest BCUT2D eigenvalue weighted by Gasteiger charge is -2.02. The number of carbonyl (C=O) groups is 2. The second-order valence-electron chi connectivity index (χ2n) is 2.41. The fourth-order valence-electron chi connectivity index (χ4n) is 0.653. The summed E-state index contributed by atoms with van der Waals surface area (Å²) >= 11 is 0. The third kappa shape index (κ3) is 1.15. The van der Waals surface area contributed by atoms with Crippen molar-refractivity contribution in [1.82, 2.24) is 0 Å². The van der Waals surface area contributed by atoms with Crippen molar-refractivity contribution >= 4 is 19.5 Å². The van der Waals surface area contributed by atoms with E-state index in [1.54, 1.807) is 0 Å². The molecule has 2 aliphatic heterocycles. The summed E-state index contributed by atoms with van der Waals surface area (Å²) in [7, 11) is -3.28. The minimum atomic E-state index is -3.28. The molecule has 2 saturated heterocycles. The second-order valence-corrected chi connectivity index (χ2v) is 4.36. The van der Waals surface area contributed by atoms with E-state index < -0.39 is 31.4 Å². The van der Waals surface area contributed by atoms with Crippen LogP contribution in [0.15, 0.2) is 0 Å². The minimum absolute atomic E-state index is 1.31. The van der Waals surface area contributed by atoms with Gasteiger partial charge in [0.15, 0.2) is 0 Å². The molecule has 2 fully saturated rings. The first-order chi connectivity index (χ1) is 6.41. The van der Waals surface area contributed by atoms with E-state index in [-0.39, 0.29) is 0 Å². The molecule has 10 heteroatoms. The van der Waals surface area contributed by atoms with Crippen LogP contribution in [0.1, 0.15) is 0 Å². The van der Waals surface area contributed by atoms with E-state index in [0.29, 0.717) is 0 Å². The highest BCUT2D eigenvalue weighted by Gasteiger charge is 2.98. The van der Waals surface area contributed by atoms with Crippen LogP contribution >= 0.6 is 7.60 Å². The number of rotatable bonds is 2. The zero-order valence-electron chi connectivity index (χ0n) is 6.28. The summed E-state index contributed by atoms with van der Waals surface area (Å²) < 4.78 is 19.3. The Morgan fingerprint density at radius 1 is 1.29 bits per heavy atom. The molecular weight excluding hydrogens is 223 g/mol. The Kier molecular flexibility index (Phi) is 1.72. The number of hydrogen-bond donors (Lipinski definition) is 2. The molecule has 0 saturated carbocycles. The van der Waals surface area contributed by atoms with Gasteiger partial charge in [-0.25, -0.2) is 28.4 Å². The number of carbonyl (C=O) groups excluding carboxylic acids is 2. The van der Waals surface area contributed by atoms with Gasteiger partial charge in [0.2, 0.25) is 0 Å². The van der Waals surface area contributed by atoms with E-state index in [2.05, 4.69) is 18.8 Å². The Morgan fingerprint density at radius 2 is 1.79 bits per heavy atom. The van der Waals surface area contributed by atoms with Crippen LogP contribution in [0.4, 0.5) is 0 Å². The van der Waals surface area contributed by atoms with Crippen LogP contribution in [-0.4, -0.2) is 34.0 Å². The molecule has 0 atom stereocenters. The first-order valence-electron chi connectivity index (χ1n) is 3.22. The highest BCUT2D eigenvalue weighted by Crippen LogP contribution is 2.97. The van der Waals surface area contributed by atoms with Crippen molar-refractivity contribution in [3.63, 3.8) is 0 Å². The smallest absolute Gasteiger partial charge is 0.359 e. The van der Waals surface area contributed by atoms with E-state index in [4.69, 9.17) is 10.2 Å². The predicted molar refractivity (Wildman–Crippen MR) is 32.9 cm³/mol. The first-order valence-corrected chi connectivity index (χ1v) is 4.76. The molecule has 0 unspecified atom stereocenters. The zero-order valence-corrected chi connectivity index (χ0v) is 7.17. The van der Waals surface area contributed by atoms with Crippen LogP contribution in [0.25, 0.3) is 0 Å². The lowest BCUT2D eigenvalue weighted by Crippen LogP contribution is -2.26. The monoisotopic (exact) mass is 226 g/mol. The maximum atomic E-state index is 10.8. The Labute approximate surface area is 75.6 Å². The van der Waals surface area contributed by atoms with Crippen LogP contribution in [0, 0.1) is 0 Å². The molecule has 2 rings (SSSR count). The molecule has 0 bridgehead atoms. The van der Waals surface area contributed by atoms with Crippen molar-refractivity contribution in [3.8, 4) is 0 Å². The van der Waals surface area contributed by atoms with E-state index in [9.17, 15) is 14.2 Å². The number of aliphatic hydroxyl groups is 2. The number of fused-ring (bicyclic) bond motifs is 1. The summed E-state index contributed by atoms with van der Waals surface area (Å²) in [4.78, 5) is 28.6. The molecule has 0 aliphatic carbocycles. The molecule has 14 heavy (non-hydrogen) atoms. The van der Waals surface area contributed by atoms with Crippen LogP contribution in [0.5, 0.6) is 0 Å². The highest BCUT2D eigenvalue weighted by atomic mass is 31.2. The van der Waals surface area contributed by atoms with Crippen molar-refractivity contribution in [3.05, 3.63) is 0 Å². The van der Waals surface area contributed by atoms with E-state index in [0.717, 1.165) is 0 Å². The van der Waals surface area contributed by atoms with Crippen LogP contribution in [-0.2, 0) is 33.0 Å². The summed E-state index contributed by atoms with van der Waals surface area (Å²) in [6.45, 7) is 0. The SMILES string of the molecule is O=C(OOC(=O)C12OP1(=O)O2)C(O)O. The molecule has 2 heterocycles. The van der Waals surface area contributed by atoms with Gasteiger partial charge in [-0.05, 0) is 0 Å². The van der Waals surface area contributed by atoms with Gasteiger partial charge in [0, 0.05) is 0 Å². The van der Waals surface area contributed by atoms with Gasteiger partial charge < -0.3 is 10.2 Å². The van der Waals surface area contributed by atoms with Crippen molar-refractivity contribution in [2.45, 2.75) is 11.8 Å². The standard InChI is InChI=1S/C4H3O9P/c5-1(6)2(7)10-11-3(8)4-12-14(4,9)13-4/h1,5-6H. The third-order valence-corrected chi connectivity index (χ3v) is 3.20. The lowest BCUT2D eigenvalue weighted by molar-refractivity contribution is -0.279. The van der Waals surface area contributed by atoms with Gasteiger partial charge in [0.25, 0.3) is 6.29 Å². The third-order valence-electron chi connectivity index (χ3n) is 1.45. The fourth-order valence-corrected chi connectivity index (χ4v) is 2.05. The van der Waals surface area contributed by atoms with E-state index >= 15 is 0 Å². The molecule has 0 amide bonds. The van der Waals surface area contributed by atoms with Crippen molar-refractivity contribution in [2.24, 2.45) is 0 Å². The Balaban J connectivity index is 1.80. The Morgan fingerprint density at radius 3 is 2.14 bits per heavy atom. The lowest BCUT2D eigenvalue weighted by atomic mass is 10.7. The fraction of sp³-hybridized carbons (Fsp3) is 0.500. The first kappa shape index (κ1) is 9.56. The molecule has 0 radical (unpaired) electrons. The van der Waals surface area contributed by atoms with Crippen LogP contribution in [0.3, 0.4) is 0 Å². The van der Waals surface area contributed by atoms with Crippen LogP contribution in [0.2, 0.25) is 0 Å². The average Bonchev–Trinajstić information content (AvgIpc) is 2.84. The Hall–Kier alpha value is -0.990. The second kappa shape index (κ2) is 2.53. The van der Waals surface area contributed by atoms with E-state index in [1.807, 2.05) is 0 Å². The average molecular weight is 226 g/mol. The van der Waals surface area contributed by atoms with Crippen molar-refractivity contribution in [1.29, 1.82) is 0 Å². The van der Waals surface area contributed by atoms with Gasteiger partial charge in [-0.15, -0.1) is 0 Å². The molecule has 78 valence electrons. The summed E-state index contributed by atoms with van der Waals surface area (Å²) in [5.41, 5.74) is -1.91. The summed E-state index contributed by atoms with van der Waals surface area (Å²) in [6, 6.07) is 0. The molecule has 0 spiro atoms. The minimum Gasteiger partial charge on any atom is -0.359 e. The number of aliphatic hydroxyl groups excluding tert-OH is 1. The topological polar surface area (TPSA) is 135 Å². The molecule has 0 aromatic carbocycles. The molecular formula is C4H3O9P. The molecule has 0 aromatic heterocycles. The number of hydrogen-bond acceptors (Lipinski definition) is 9. The van der Waals surface area contributed by atoms with Crippen molar-refractivity contribution in [2.75, 3.05) is 0 Å². The normalized spacial score (nSPS) is 37.4. The van der Waals surface area contributed by atoms with Gasteiger partial charge in [-0.1, -0.05) is 0 Å². The largest absolute Gasteiger partial charge is 0.428 e. The Bertz CT molecular complexity index is 348. The van der Waals surface area contributed by atoms with Gasteiger partial charge >= 0.3 is 25.1 Å². The van der Waals surface area contributed by atoms with Crippen LogP contribution < -0.4 is 0 Å². The maximum absolute atomic E-state index is 10.8. The van der Waals surface area contributed by atoms with Gasteiger partial charge in [-0.3, -0.25) is 4.57 Å². The molecule has 0 aromatic rings. The zero-order chi connectivity index (χ0) is 10.6. The van der Waals surface area contributed by atoms with Crippen molar-refractivity contribution < 1.29 is 43.2 Å². The van der Waals surface area contributed by atoms with Gasteiger partial charge in [0.05, 0.1) is 0 Å². The molecule has 9 nitrogen and oxygen atoms in total. The maximum Gasteiger partial charge on any atom is 0.428 e. The van der Waals surface area contributed by atoms with Gasteiger partial charge in [0.1, 0.15) is 0 Å². The van der Waals surface area contributed by atoms with Gasteiger partial charge in [-0.2, -0.15) is 0 Å².